The van der Waals surface area contributed by atoms with E-state index in [0.717, 1.165) is 5.39 Å². The molecule has 1 heterocycles. The largest absolute Gasteiger partial charge is 0.481 e. The van der Waals surface area contributed by atoms with Crippen LogP contribution in [0, 0.1) is 0 Å². The van der Waals surface area contributed by atoms with Crippen LogP contribution < -0.4 is 10.1 Å². The Morgan fingerprint density at radius 3 is 2.62 bits per heavy atom. The maximum absolute atomic E-state index is 12.4. The van der Waals surface area contributed by atoms with E-state index in [1.54, 1.807) is 55.2 Å². The van der Waals surface area contributed by atoms with Crippen LogP contribution >= 0.6 is 0 Å². The van der Waals surface area contributed by atoms with Gasteiger partial charge >= 0.3 is 0 Å². The Balaban J connectivity index is 1.89. The molecule has 1 aromatic heterocycles. The van der Waals surface area contributed by atoms with Crippen LogP contribution in [0.3, 0.4) is 0 Å². The fourth-order valence-corrected chi connectivity index (χ4v) is 2.58. The van der Waals surface area contributed by atoms with Gasteiger partial charge in [0.25, 0.3) is 5.91 Å². The van der Waals surface area contributed by atoms with Gasteiger partial charge in [-0.1, -0.05) is 12.1 Å². The molecule has 0 atom stereocenters. The van der Waals surface area contributed by atoms with Gasteiger partial charge in [0.2, 0.25) is 5.88 Å². The highest BCUT2D eigenvalue weighted by Gasteiger charge is 2.13. The highest BCUT2D eigenvalue weighted by molar-refractivity contribution is 6.07. The maximum Gasteiger partial charge on any atom is 0.255 e. The van der Waals surface area contributed by atoms with Crippen molar-refractivity contribution in [2.24, 2.45) is 7.05 Å². The SMILES string of the molecule is COc1c2ccc(C(=O)Nc3cccc(C(C)=O)c3)cc2nn1C. The summed E-state index contributed by atoms with van der Waals surface area (Å²) in [7, 11) is 3.37. The number of rotatable bonds is 4. The Morgan fingerprint density at radius 1 is 1.12 bits per heavy atom. The average molecular weight is 323 g/mol. The van der Waals surface area contributed by atoms with Gasteiger partial charge in [-0.15, -0.1) is 0 Å². The third kappa shape index (κ3) is 2.86. The van der Waals surface area contributed by atoms with Gasteiger partial charge in [0, 0.05) is 23.9 Å². The van der Waals surface area contributed by atoms with E-state index in [1.807, 2.05) is 6.07 Å². The van der Waals surface area contributed by atoms with Crippen molar-refractivity contribution in [1.29, 1.82) is 0 Å². The number of ether oxygens (including phenoxy) is 1. The first kappa shape index (κ1) is 15.7. The number of fused-ring (bicyclic) bond motifs is 1. The third-order valence-electron chi connectivity index (χ3n) is 3.76. The van der Waals surface area contributed by atoms with E-state index in [1.165, 1.54) is 6.92 Å². The summed E-state index contributed by atoms with van der Waals surface area (Å²) in [6, 6.07) is 12.1. The van der Waals surface area contributed by atoms with Crippen LogP contribution in [0.5, 0.6) is 5.88 Å². The minimum absolute atomic E-state index is 0.0481. The summed E-state index contributed by atoms with van der Waals surface area (Å²) < 4.78 is 6.93. The quantitative estimate of drug-likeness (QED) is 0.749. The van der Waals surface area contributed by atoms with Crippen LogP contribution in [-0.2, 0) is 7.05 Å². The first-order valence-corrected chi connectivity index (χ1v) is 7.42. The summed E-state index contributed by atoms with van der Waals surface area (Å²) in [6.45, 7) is 1.49. The molecule has 0 radical (unpaired) electrons. The van der Waals surface area contributed by atoms with Crippen LogP contribution in [0.1, 0.15) is 27.6 Å². The molecular formula is C18H17N3O3. The van der Waals surface area contributed by atoms with Crippen molar-refractivity contribution in [2.75, 3.05) is 12.4 Å². The molecule has 0 saturated carbocycles. The van der Waals surface area contributed by atoms with Crippen molar-refractivity contribution in [3.05, 3.63) is 53.6 Å². The van der Waals surface area contributed by atoms with E-state index in [-0.39, 0.29) is 11.7 Å². The molecule has 0 spiro atoms. The van der Waals surface area contributed by atoms with Crippen LogP contribution in [0.4, 0.5) is 5.69 Å². The van der Waals surface area contributed by atoms with Gasteiger partial charge in [0.15, 0.2) is 5.78 Å². The molecule has 0 saturated heterocycles. The zero-order chi connectivity index (χ0) is 17.3. The molecule has 1 N–H and O–H groups in total. The Bertz CT molecular complexity index is 944. The second-order valence-corrected chi connectivity index (χ2v) is 5.46. The number of Topliss-reactive ketones (excluding diaryl/α,β-unsaturated/α-hetero) is 1. The number of methoxy groups -OCH3 is 1. The number of amides is 1. The number of nitrogens with zero attached hydrogens (tertiary/aromatic N) is 2. The number of aryl methyl sites for hydroxylation is 1. The van der Waals surface area contributed by atoms with E-state index in [2.05, 4.69) is 10.4 Å². The normalized spacial score (nSPS) is 10.6. The van der Waals surface area contributed by atoms with E-state index in [4.69, 9.17) is 4.74 Å². The topological polar surface area (TPSA) is 73.2 Å². The zero-order valence-corrected chi connectivity index (χ0v) is 13.7. The number of benzene rings is 2. The van der Waals surface area contributed by atoms with Crippen LogP contribution in [0.15, 0.2) is 42.5 Å². The number of nitrogens with one attached hydrogen (secondary N) is 1. The van der Waals surface area contributed by atoms with E-state index >= 15 is 0 Å². The molecule has 0 fully saturated rings. The fraction of sp³-hybridized carbons (Fsp3) is 0.167. The van der Waals surface area contributed by atoms with Crippen molar-refractivity contribution < 1.29 is 14.3 Å². The summed E-state index contributed by atoms with van der Waals surface area (Å²) in [4.78, 5) is 23.9. The lowest BCUT2D eigenvalue weighted by Crippen LogP contribution is -2.12. The smallest absolute Gasteiger partial charge is 0.255 e. The molecule has 24 heavy (non-hydrogen) atoms. The standard InChI is InChI=1S/C18H17N3O3/c1-11(22)12-5-4-6-14(9-12)19-17(23)13-7-8-15-16(10-13)20-21(2)18(15)24-3/h4-10H,1-3H3,(H,19,23). The highest BCUT2D eigenvalue weighted by atomic mass is 16.5. The molecule has 0 bridgehead atoms. The van der Waals surface area contributed by atoms with Crippen molar-refractivity contribution in [2.45, 2.75) is 6.92 Å². The van der Waals surface area contributed by atoms with Gasteiger partial charge in [0.1, 0.15) is 0 Å². The summed E-state index contributed by atoms with van der Waals surface area (Å²) in [5.41, 5.74) is 2.29. The molecule has 122 valence electrons. The Morgan fingerprint density at radius 2 is 1.92 bits per heavy atom. The molecule has 1 amide bonds. The fourth-order valence-electron chi connectivity index (χ4n) is 2.58. The van der Waals surface area contributed by atoms with E-state index in [9.17, 15) is 9.59 Å². The van der Waals surface area contributed by atoms with Crippen LogP contribution in [-0.4, -0.2) is 28.6 Å². The van der Waals surface area contributed by atoms with E-state index in [0.29, 0.717) is 28.2 Å². The molecule has 6 heteroatoms. The number of ketones is 1. The first-order valence-electron chi connectivity index (χ1n) is 7.42. The predicted molar refractivity (Wildman–Crippen MR) is 91.7 cm³/mol. The summed E-state index contributed by atoms with van der Waals surface area (Å²) in [6.07, 6.45) is 0. The first-order chi connectivity index (χ1) is 11.5. The van der Waals surface area contributed by atoms with Gasteiger partial charge in [-0.05, 0) is 37.3 Å². The lowest BCUT2D eigenvalue weighted by Gasteiger charge is -2.06. The molecule has 0 aliphatic heterocycles. The van der Waals surface area contributed by atoms with Crippen molar-refractivity contribution >= 4 is 28.3 Å². The molecule has 0 aliphatic carbocycles. The average Bonchev–Trinajstić information content (AvgIpc) is 2.89. The van der Waals surface area contributed by atoms with Crippen LogP contribution in [0.2, 0.25) is 0 Å². The van der Waals surface area contributed by atoms with Gasteiger partial charge in [-0.25, -0.2) is 4.68 Å². The third-order valence-corrected chi connectivity index (χ3v) is 3.76. The van der Waals surface area contributed by atoms with Crippen LogP contribution in [0.25, 0.3) is 10.9 Å². The van der Waals surface area contributed by atoms with Crippen molar-refractivity contribution in [3.8, 4) is 5.88 Å². The van der Waals surface area contributed by atoms with Crippen molar-refractivity contribution in [1.82, 2.24) is 9.78 Å². The molecule has 3 rings (SSSR count). The minimum Gasteiger partial charge on any atom is -0.481 e. The highest BCUT2D eigenvalue weighted by Crippen LogP contribution is 2.25. The Labute approximate surface area is 139 Å². The maximum atomic E-state index is 12.4. The second-order valence-electron chi connectivity index (χ2n) is 5.46. The summed E-state index contributed by atoms with van der Waals surface area (Å²) >= 11 is 0. The number of anilines is 1. The zero-order valence-electron chi connectivity index (χ0n) is 13.7. The minimum atomic E-state index is -0.262. The Hall–Kier alpha value is -3.15. The molecule has 0 unspecified atom stereocenters. The number of hydrogen-bond donors (Lipinski definition) is 1. The molecule has 0 aliphatic rings. The molecule has 3 aromatic rings. The van der Waals surface area contributed by atoms with E-state index < -0.39 is 0 Å². The predicted octanol–water partition coefficient (Wildman–Crippen LogP) is 3.04. The lowest BCUT2D eigenvalue weighted by atomic mass is 10.1. The Kier molecular flexibility index (Phi) is 4.04. The number of hydrogen-bond acceptors (Lipinski definition) is 4. The lowest BCUT2D eigenvalue weighted by molar-refractivity contribution is 0.101. The number of carbonyl (C=O) groups is 2. The molecular weight excluding hydrogens is 306 g/mol. The van der Waals surface area contributed by atoms with Gasteiger partial charge in [-0.2, -0.15) is 5.10 Å². The number of aromatic nitrogens is 2. The number of carbonyl (C=O) groups excluding carboxylic acids is 2. The monoisotopic (exact) mass is 323 g/mol. The summed E-state index contributed by atoms with van der Waals surface area (Å²) in [5.74, 6) is 0.335. The van der Waals surface area contributed by atoms with Crippen molar-refractivity contribution in [3.63, 3.8) is 0 Å². The van der Waals surface area contributed by atoms with Gasteiger partial charge < -0.3 is 10.1 Å². The summed E-state index contributed by atoms with van der Waals surface area (Å²) in [5, 5.41) is 7.98. The molecule has 2 aromatic carbocycles. The van der Waals surface area contributed by atoms with Gasteiger partial charge in [0.05, 0.1) is 18.0 Å². The molecule has 6 nitrogen and oxygen atoms in total. The van der Waals surface area contributed by atoms with Gasteiger partial charge in [-0.3, -0.25) is 9.59 Å². The second kappa shape index (κ2) is 6.16.